The average molecular weight is 246 g/mol. The van der Waals surface area contributed by atoms with Gasteiger partial charge in [-0.2, -0.15) is 0 Å². The van der Waals surface area contributed by atoms with E-state index in [1.165, 1.54) is 6.07 Å². The van der Waals surface area contributed by atoms with E-state index in [9.17, 15) is 4.39 Å². The van der Waals surface area contributed by atoms with Gasteiger partial charge in [0.15, 0.2) is 0 Å². The number of benzene rings is 1. The second-order valence-electron chi connectivity index (χ2n) is 3.56. The van der Waals surface area contributed by atoms with E-state index in [2.05, 4.69) is 29.8 Å². The lowest BCUT2D eigenvalue weighted by atomic mass is 10.0. The Morgan fingerprint density at radius 2 is 2.08 bits per heavy atom. The lowest BCUT2D eigenvalue weighted by Crippen LogP contribution is -2.02. The van der Waals surface area contributed by atoms with Crippen LogP contribution >= 0.6 is 15.9 Å². The Bertz CT molecular complexity index is 310. The first-order valence-electron chi connectivity index (χ1n) is 4.24. The lowest BCUT2D eigenvalue weighted by molar-refractivity contribution is 0.617. The Kier molecular flexibility index (Phi) is 3.31. The molecule has 0 heterocycles. The zero-order chi connectivity index (χ0) is 10.0. The number of hydrogen-bond acceptors (Lipinski definition) is 1. The molecule has 13 heavy (non-hydrogen) atoms. The summed E-state index contributed by atoms with van der Waals surface area (Å²) in [6.07, 6.45) is 0.808. The molecule has 0 saturated heterocycles. The topological polar surface area (TPSA) is 26.0 Å². The van der Waals surface area contributed by atoms with Crippen LogP contribution in [0.4, 0.5) is 10.1 Å². The van der Waals surface area contributed by atoms with Crippen LogP contribution in [0.3, 0.4) is 0 Å². The molecule has 0 aromatic heterocycles. The highest BCUT2D eigenvalue weighted by atomic mass is 79.9. The third-order valence-electron chi connectivity index (χ3n) is 1.81. The molecule has 1 aromatic carbocycles. The van der Waals surface area contributed by atoms with Gasteiger partial charge in [-0.05, 0) is 30.0 Å². The van der Waals surface area contributed by atoms with Gasteiger partial charge < -0.3 is 5.73 Å². The number of nitrogens with two attached hydrogens (primary N) is 1. The van der Waals surface area contributed by atoms with Gasteiger partial charge in [-0.1, -0.05) is 29.8 Å². The van der Waals surface area contributed by atoms with Crippen molar-refractivity contribution in [3.8, 4) is 0 Å². The van der Waals surface area contributed by atoms with Crippen LogP contribution in [0.5, 0.6) is 0 Å². The fourth-order valence-electron chi connectivity index (χ4n) is 1.25. The molecule has 2 N–H and O–H groups in total. The molecule has 0 amide bonds. The fraction of sp³-hybridized carbons (Fsp3) is 0.400. The van der Waals surface area contributed by atoms with Gasteiger partial charge in [0.2, 0.25) is 0 Å². The summed E-state index contributed by atoms with van der Waals surface area (Å²) in [7, 11) is 0. The third-order valence-corrected chi connectivity index (χ3v) is 2.27. The van der Waals surface area contributed by atoms with Crippen LogP contribution in [0.1, 0.15) is 19.4 Å². The van der Waals surface area contributed by atoms with Crippen LogP contribution in [0.15, 0.2) is 16.6 Å². The highest BCUT2D eigenvalue weighted by Crippen LogP contribution is 2.24. The Morgan fingerprint density at radius 1 is 1.46 bits per heavy atom. The summed E-state index contributed by atoms with van der Waals surface area (Å²) in [5.74, 6) is 0.140. The Hall–Kier alpha value is -0.570. The molecule has 1 nitrogen and oxygen atoms in total. The van der Waals surface area contributed by atoms with Crippen LogP contribution in [-0.2, 0) is 6.42 Å². The molecular formula is C10H13BrFN. The summed E-state index contributed by atoms with van der Waals surface area (Å²) < 4.78 is 13.9. The molecule has 0 spiro atoms. The SMILES string of the molecule is CC(C)Cc1cc(Br)cc(F)c1N. The van der Waals surface area contributed by atoms with E-state index in [4.69, 9.17) is 5.73 Å². The average Bonchev–Trinajstić information content (AvgIpc) is 1.98. The van der Waals surface area contributed by atoms with Crippen molar-refractivity contribution in [2.75, 3.05) is 5.73 Å². The molecule has 0 aliphatic heterocycles. The molecule has 1 rings (SSSR count). The molecule has 0 aliphatic carbocycles. The van der Waals surface area contributed by atoms with Crippen LogP contribution in [0.25, 0.3) is 0 Å². The first-order chi connectivity index (χ1) is 6.00. The molecule has 72 valence electrons. The zero-order valence-electron chi connectivity index (χ0n) is 7.77. The number of hydrogen-bond donors (Lipinski definition) is 1. The quantitative estimate of drug-likeness (QED) is 0.795. The molecule has 0 bridgehead atoms. The second-order valence-corrected chi connectivity index (χ2v) is 4.47. The van der Waals surface area contributed by atoms with Crippen LogP contribution in [-0.4, -0.2) is 0 Å². The van der Waals surface area contributed by atoms with Gasteiger partial charge in [0, 0.05) is 4.47 Å². The molecule has 0 aliphatic rings. The summed E-state index contributed by atoms with van der Waals surface area (Å²) in [5.41, 5.74) is 6.76. The molecular weight excluding hydrogens is 233 g/mol. The van der Waals surface area contributed by atoms with Crippen molar-refractivity contribution >= 4 is 21.6 Å². The molecule has 0 atom stereocenters. The number of anilines is 1. The first kappa shape index (κ1) is 10.5. The molecule has 0 radical (unpaired) electrons. The fourth-order valence-corrected chi connectivity index (χ4v) is 1.72. The van der Waals surface area contributed by atoms with Crippen molar-refractivity contribution < 1.29 is 4.39 Å². The zero-order valence-corrected chi connectivity index (χ0v) is 9.36. The van der Waals surface area contributed by atoms with Gasteiger partial charge in [-0.25, -0.2) is 4.39 Å². The van der Waals surface area contributed by atoms with Crippen LogP contribution in [0, 0.1) is 11.7 Å². The van der Waals surface area contributed by atoms with Crippen molar-refractivity contribution in [2.24, 2.45) is 5.92 Å². The summed E-state index contributed by atoms with van der Waals surface area (Å²) in [6, 6.07) is 3.26. The standard InChI is InChI=1S/C10H13BrFN/c1-6(2)3-7-4-8(11)5-9(12)10(7)13/h4-6H,3,13H2,1-2H3. The van der Waals surface area contributed by atoms with Gasteiger partial charge in [0.05, 0.1) is 5.69 Å². The molecule has 1 aromatic rings. The van der Waals surface area contributed by atoms with E-state index in [0.717, 1.165) is 16.5 Å². The summed E-state index contributed by atoms with van der Waals surface area (Å²) in [6.45, 7) is 4.16. The van der Waals surface area contributed by atoms with E-state index < -0.39 is 0 Å². The van der Waals surface area contributed by atoms with Gasteiger partial charge in [0.1, 0.15) is 5.82 Å². The van der Waals surface area contributed by atoms with Crippen molar-refractivity contribution in [1.82, 2.24) is 0 Å². The summed E-state index contributed by atoms with van der Waals surface area (Å²) in [5, 5.41) is 0. The molecule has 0 saturated carbocycles. The van der Waals surface area contributed by atoms with Crippen LogP contribution < -0.4 is 5.73 Å². The Balaban J connectivity index is 3.05. The number of halogens is 2. The molecule has 0 unspecified atom stereocenters. The second kappa shape index (κ2) is 4.09. The van der Waals surface area contributed by atoms with Crippen molar-refractivity contribution in [1.29, 1.82) is 0 Å². The Labute approximate surface area is 86.3 Å². The van der Waals surface area contributed by atoms with Gasteiger partial charge in [-0.15, -0.1) is 0 Å². The minimum absolute atomic E-state index is 0.275. The minimum atomic E-state index is -0.343. The normalized spacial score (nSPS) is 10.8. The van der Waals surface area contributed by atoms with E-state index in [1.807, 2.05) is 6.07 Å². The van der Waals surface area contributed by atoms with Gasteiger partial charge >= 0.3 is 0 Å². The number of nitrogen functional groups attached to an aromatic ring is 1. The predicted molar refractivity (Wildman–Crippen MR) is 57.1 cm³/mol. The smallest absolute Gasteiger partial charge is 0.147 e. The summed E-state index contributed by atoms with van der Waals surface area (Å²) >= 11 is 3.24. The molecule has 3 heteroatoms. The highest BCUT2D eigenvalue weighted by molar-refractivity contribution is 9.10. The van der Waals surface area contributed by atoms with Crippen LogP contribution in [0.2, 0.25) is 0 Å². The lowest BCUT2D eigenvalue weighted by Gasteiger charge is -2.09. The van der Waals surface area contributed by atoms with Crippen molar-refractivity contribution in [3.63, 3.8) is 0 Å². The van der Waals surface area contributed by atoms with Crippen molar-refractivity contribution in [2.45, 2.75) is 20.3 Å². The largest absolute Gasteiger partial charge is 0.396 e. The van der Waals surface area contributed by atoms with Crippen molar-refractivity contribution in [3.05, 3.63) is 28.0 Å². The maximum Gasteiger partial charge on any atom is 0.147 e. The van der Waals surface area contributed by atoms with Gasteiger partial charge in [-0.3, -0.25) is 0 Å². The Morgan fingerprint density at radius 3 is 2.62 bits per heavy atom. The van der Waals surface area contributed by atoms with Gasteiger partial charge in [0.25, 0.3) is 0 Å². The predicted octanol–water partition coefficient (Wildman–Crippen LogP) is 3.37. The van der Waals surface area contributed by atoms with E-state index >= 15 is 0 Å². The van der Waals surface area contributed by atoms with E-state index in [0.29, 0.717) is 5.92 Å². The number of rotatable bonds is 2. The molecule has 0 fully saturated rings. The highest BCUT2D eigenvalue weighted by Gasteiger charge is 2.08. The minimum Gasteiger partial charge on any atom is -0.396 e. The first-order valence-corrected chi connectivity index (χ1v) is 5.03. The maximum atomic E-state index is 13.1. The van der Waals surface area contributed by atoms with E-state index in [1.54, 1.807) is 0 Å². The third kappa shape index (κ3) is 2.69. The summed E-state index contributed by atoms with van der Waals surface area (Å²) in [4.78, 5) is 0. The van der Waals surface area contributed by atoms with E-state index in [-0.39, 0.29) is 11.5 Å². The monoisotopic (exact) mass is 245 g/mol. The maximum absolute atomic E-state index is 13.1.